The molecule has 1 amide bonds. The van der Waals surface area contributed by atoms with Crippen LogP contribution in [0.25, 0.3) is 21.8 Å². The van der Waals surface area contributed by atoms with Crippen molar-refractivity contribution in [3.05, 3.63) is 60.7 Å². The highest BCUT2D eigenvalue weighted by Gasteiger charge is 2.49. The zero-order chi connectivity index (χ0) is 32.5. The molecular formula is C29H33F3N4O7S. The van der Waals surface area contributed by atoms with Crippen LogP contribution in [-0.4, -0.2) is 62.9 Å². The number of pyridine rings is 2. The van der Waals surface area contributed by atoms with E-state index in [9.17, 15) is 26.4 Å². The lowest BCUT2D eigenvalue weighted by atomic mass is 10.2. The first-order valence-electron chi connectivity index (χ1n) is 13.2. The summed E-state index contributed by atoms with van der Waals surface area (Å²) in [5.41, 5.74) is -4.87. The summed E-state index contributed by atoms with van der Waals surface area (Å²) in [4.78, 5) is 19.8. The largest absolute Gasteiger partial charge is 0.534 e. The molecule has 0 spiro atoms. The van der Waals surface area contributed by atoms with Gasteiger partial charge in [-0.05, 0) is 51.5 Å². The van der Waals surface area contributed by atoms with Crippen LogP contribution < -0.4 is 24.3 Å². The van der Waals surface area contributed by atoms with Gasteiger partial charge in [-0.25, -0.2) is 14.8 Å². The van der Waals surface area contributed by atoms with Crippen molar-refractivity contribution in [3.63, 3.8) is 0 Å². The number of amides is 1. The number of hydrogen-bond donors (Lipinski definition) is 2. The predicted octanol–water partition coefficient (Wildman–Crippen LogP) is 6.04. The first-order valence-corrected chi connectivity index (χ1v) is 14.6. The van der Waals surface area contributed by atoms with Crippen molar-refractivity contribution in [3.8, 4) is 17.4 Å². The molecule has 15 heteroatoms. The van der Waals surface area contributed by atoms with Gasteiger partial charge in [-0.2, -0.15) is 21.6 Å². The lowest BCUT2D eigenvalue weighted by Gasteiger charge is -2.19. The van der Waals surface area contributed by atoms with E-state index in [0.717, 1.165) is 35.0 Å². The van der Waals surface area contributed by atoms with Crippen molar-refractivity contribution in [2.75, 3.05) is 32.6 Å². The fourth-order valence-corrected chi connectivity index (χ4v) is 4.11. The normalized spacial score (nSPS) is 11.7. The molecule has 2 N–H and O–H groups in total. The second-order valence-corrected chi connectivity index (χ2v) is 11.6. The van der Waals surface area contributed by atoms with Crippen LogP contribution in [0.4, 0.5) is 23.8 Å². The number of alkyl carbamates (subject to hydrolysis) is 1. The average Bonchev–Trinajstić information content (AvgIpc) is 2.94. The number of aromatic nitrogens is 2. The van der Waals surface area contributed by atoms with Crippen LogP contribution in [0, 0.1) is 0 Å². The summed E-state index contributed by atoms with van der Waals surface area (Å²) in [6.45, 7) is 6.74. The number of carbonyl (C=O) groups is 1. The second kappa shape index (κ2) is 14.3. The van der Waals surface area contributed by atoms with Gasteiger partial charge in [0.1, 0.15) is 22.9 Å². The zero-order valence-corrected chi connectivity index (χ0v) is 25.5. The minimum atomic E-state index is -5.76. The second-order valence-electron chi connectivity index (χ2n) is 10.1. The molecule has 0 fully saturated rings. The summed E-state index contributed by atoms with van der Waals surface area (Å²) >= 11 is 0. The molecule has 2 aromatic heterocycles. The summed E-state index contributed by atoms with van der Waals surface area (Å²) in [5, 5.41) is 7.49. The zero-order valence-electron chi connectivity index (χ0n) is 24.7. The molecule has 0 atom stereocenters. The van der Waals surface area contributed by atoms with Gasteiger partial charge in [-0.3, -0.25) is 0 Å². The van der Waals surface area contributed by atoms with Crippen LogP contribution in [-0.2, 0) is 14.9 Å². The molecule has 11 nitrogen and oxygen atoms in total. The summed E-state index contributed by atoms with van der Waals surface area (Å²) in [6, 6.07) is 17.1. The van der Waals surface area contributed by atoms with E-state index in [2.05, 4.69) is 24.8 Å². The number of ether oxygens (including phenoxy) is 3. The van der Waals surface area contributed by atoms with Gasteiger partial charge in [-0.1, -0.05) is 24.3 Å². The van der Waals surface area contributed by atoms with Crippen LogP contribution in [0.5, 0.6) is 17.4 Å². The molecule has 0 bridgehead atoms. The molecule has 0 aliphatic heterocycles. The third-order valence-electron chi connectivity index (χ3n) is 5.58. The Bertz CT molecular complexity index is 1690. The van der Waals surface area contributed by atoms with Crippen LogP contribution >= 0.6 is 0 Å². The molecule has 2 aromatic carbocycles. The Morgan fingerprint density at radius 2 is 1.39 bits per heavy atom. The summed E-state index contributed by atoms with van der Waals surface area (Å²) in [5.74, 6) is 0.985. The van der Waals surface area contributed by atoms with Gasteiger partial charge in [0.15, 0.2) is 0 Å². The van der Waals surface area contributed by atoms with Gasteiger partial charge in [0.05, 0.1) is 25.3 Å². The molecule has 0 saturated heterocycles. The fourth-order valence-electron chi connectivity index (χ4n) is 3.70. The van der Waals surface area contributed by atoms with E-state index < -0.39 is 33.2 Å². The van der Waals surface area contributed by atoms with Crippen molar-refractivity contribution < 1.29 is 44.8 Å². The van der Waals surface area contributed by atoms with E-state index in [0.29, 0.717) is 18.5 Å². The highest BCUT2D eigenvalue weighted by atomic mass is 32.2. The Hall–Kier alpha value is -4.53. The maximum atomic E-state index is 12.2. The maximum absolute atomic E-state index is 12.2. The number of nitrogens with zero attached hydrogens (tertiary/aromatic N) is 2. The summed E-state index contributed by atoms with van der Waals surface area (Å²) < 4.78 is 78.1. The maximum Gasteiger partial charge on any atom is 0.534 e. The Morgan fingerprint density at radius 1 is 0.841 bits per heavy atom. The van der Waals surface area contributed by atoms with Crippen LogP contribution in [0.1, 0.15) is 27.2 Å². The number of fused-ring (bicyclic) bond motifs is 2. The predicted molar refractivity (Wildman–Crippen MR) is 160 cm³/mol. The fraction of sp³-hybridized carbons (Fsp3) is 0.345. The van der Waals surface area contributed by atoms with E-state index in [4.69, 9.17) is 14.2 Å². The van der Waals surface area contributed by atoms with Gasteiger partial charge in [0.2, 0.25) is 5.88 Å². The third kappa shape index (κ3) is 9.49. The van der Waals surface area contributed by atoms with E-state index in [1.54, 1.807) is 25.3 Å². The molecular weight excluding hydrogens is 605 g/mol. The smallest absolute Gasteiger partial charge is 0.496 e. The molecule has 0 unspecified atom stereocenters. The van der Waals surface area contributed by atoms with Gasteiger partial charge < -0.3 is 29.0 Å². The first-order chi connectivity index (χ1) is 20.6. The number of halogens is 3. The van der Waals surface area contributed by atoms with Gasteiger partial charge in [-0.15, -0.1) is 0 Å². The molecule has 44 heavy (non-hydrogen) atoms. The van der Waals surface area contributed by atoms with Crippen LogP contribution in [0.3, 0.4) is 0 Å². The van der Waals surface area contributed by atoms with Crippen LogP contribution in [0.15, 0.2) is 60.7 Å². The number of rotatable bonds is 9. The molecule has 0 radical (unpaired) electrons. The van der Waals surface area contributed by atoms with Crippen molar-refractivity contribution >= 4 is 43.8 Å². The van der Waals surface area contributed by atoms with Gasteiger partial charge >= 0.3 is 21.7 Å². The van der Waals surface area contributed by atoms with Crippen molar-refractivity contribution in [1.29, 1.82) is 0 Å². The average molecular weight is 639 g/mol. The highest BCUT2D eigenvalue weighted by Crippen LogP contribution is 2.32. The van der Waals surface area contributed by atoms with E-state index in [1.807, 2.05) is 51.1 Å². The minimum Gasteiger partial charge on any atom is -0.496 e. The summed E-state index contributed by atoms with van der Waals surface area (Å²) in [7, 11) is -2.82. The SMILES string of the molecule is COc1cc(NCCCNC(=O)OC(C)(C)C)nc2ccccc12.COc1cc(OS(=O)(=O)C(F)(F)F)nc2ccccc12. The number of carbonyl (C=O) groups excluding carboxylic acids is 1. The van der Waals surface area contributed by atoms with Crippen LogP contribution in [0.2, 0.25) is 0 Å². The van der Waals surface area contributed by atoms with E-state index >= 15 is 0 Å². The monoisotopic (exact) mass is 638 g/mol. The molecule has 0 aliphatic carbocycles. The third-order valence-corrected chi connectivity index (χ3v) is 6.54. The summed E-state index contributed by atoms with van der Waals surface area (Å²) in [6.07, 6.45) is 0.365. The van der Waals surface area contributed by atoms with Gasteiger partial charge in [0, 0.05) is 36.0 Å². The Labute approximate surface area is 252 Å². The molecule has 4 aromatic rings. The molecule has 0 saturated carbocycles. The number of nitrogens with one attached hydrogen (secondary N) is 2. The van der Waals surface area contributed by atoms with E-state index in [-0.39, 0.29) is 11.3 Å². The number of alkyl halides is 3. The van der Waals surface area contributed by atoms with Crippen molar-refractivity contribution in [2.45, 2.75) is 38.3 Å². The van der Waals surface area contributed by atoms with Gasteiger partial charge in [0.25, 0.3) is 0 Å². The Kier molecular flexibility index (Phi) is 11.0. The number of benzene rings is 2. The molecule has 4 rings (SSSR count). The van der Waals surface area contributed by atoms with Crippen molar-refractivity contribution in [1.82, 2.24) is 15.3 Å². The lowest BCUT2D eigenvalue weighted by molar-refractivity contribution is -0.0501. The standard InChI is InChI=1S/C18H25N3O3.C11H8F3NO4S/c1-18(2,3)24-17(22)20-11-7-10-19-16-12-15(23-4)13-8-5-6-9-14(13)21-16;1-18-9-6-10(19-20(16,17)11(12,13)14)15-8-5-3-2-4-7(8)9/h5-6,8-9,12H,7,10-11H2,1-4H3,(H,19,21)(H,20,22);2-6H,1H3. The molecule has 2 heterocycles. The quantitative estimate of drug-likeness (QED) is 0.127. The topological polar surface area (TPSA) is 138 Å². The molecule has 0 aliphatic rings. The number of anilines is 1. The number of hydrogen-bond acceptors (Lipinski definition) is 10. The van der Waals surface area contributed by atoms with Crippen molar-refractivity contribution in [2.24, 2.45) is 0 Å². The Morgan fingerprint density at radius 3 is 1.93 bits per heavy atom. The first kappa shape index (κ1) is 34.0. The number of methoxy groups -OCH3 is 2. The number of para-hydroxylation sites is 2. The lowest BCUT2D eigenvalue weighted by Crippen LogP contribution is -2.33. The van der Waals surface area contributed by atoms with E-state index in [1.165, 1.54) is 13.2 Å². The molecule has 238 valence electrons. The minimum absolute atomic E-state index is 0.156. The Balaban J connectivity index is 0.000000244. The highest BCUT2D eigenvalue weighted by molar-refractivity contribution is 7.87.